The summed E-state index contributed by atoms with van der Waals surface area (Å²) in [5, 5.41) is 0.887. The molecule has 1 atom stereocenters. The Bertz CT molecular complexity index is 2050. The van der Waals surface area contributed by atoms with E-state index in [1.54, 1.807) is 57.4 Å². The van der Waals surface area contributed by atoms with E-state index in [0.29, 0.717) is 65.8 Å². The molecule has 1 aromatic heterocycles. The van der Waals surface area contributed by atoms with E-state index < -0.39 is 12.0 Å². The highest BCUT2D eigenvalue weighted by Gasteiger charge is 2.34. The highest BCUT2D eigenvalue weighted by atomic mass is 35.5. The molecule has 0 spiro atoms. The maximum Gasteiger partial charge on any atom is 0.338 e. The van der Waals surface area contributed by atoms with Crippen LogP contribution in [0.15, 0.2) is 75.7 Å². The second-order valence-corrected chi connectivity index (χ2v) is 12.8. The van der Waals surface area contributed by atoms with Crippen molar-refractivity contribution >= 4 is 46.6 Å². The van der Waals surface area contributed by atoms with Gasteiger partial charge in [0, 0.05) is 10.6 Å². The van der Waals surface area contributed by atoms with Crippen molar-refractivity contribution < 1.29 is 28.5 Å². The number of aromatic nitrogens is 1. The van der Waals surface area contributed by atoms with Gasteiger partial charge in [0.2, 0.25) is 0 Å². The summed E-state index contributed by atoms with van der Waals surface area (Å²) in [6.07, 6.45) is 1.64. The maximum absolute atomic E-state index is 14.2. The van der Waals surface area contributed by atoms with Crippen LogP contribution in [0.4, 0.5) is 0 Å². The van der Waals surface area contributed by atoms with Crippen molar-refractivity contribution in [3.05, 3.63) is 112 Å². The number of allylic oxidation sites excluding steroid dienone is 1. The Morgan fingerprint density at radius 2 is 1.77 bits per heavy atom. The molecule has 0 aliphatic carbocycles. The van der Waals surface area contributed by atoms with Gasteiger partial charge in [0.05, 0.1) is 53.3 Å². The van der Waals surface area contributed by atoms with Gasteiger partial charge in [0.1, 0.15) is 6.61 Å². The Hall–Kier alpha value is -4.25. The lowest BCUT2D eigenvalue weighted by molar-refractivity contribution is -0.139. The van der Waals surface area contributed by atoms with Crippen molar-refractivity contribution in [2.75, 3.05) is 20.3 Å². The third kappa shape index (κ3) is 7.41. The van der Waals surface area contributed by atoms with Gasteiger partial charge in [-0.05, 0) is 82.2 Å². The van der Waals surface area contributed by atoms with Crippen molar-refractivity contribution in [2.24, 2.45) is 4.99 Å². The third-order valence-corrected chi connectivity index (χ3v) is 8.97. The number of hydrogen-bond acceptors (Lipinski definition) is 9. The van der Waals surface area contributed by atoms with E-state index in [1.165, 1.54) is 15.9 Å². The molecule has 252 valence electrons. The van der Waals surface area contributed by atoms with E-state index in [2.05, 4.69) is 4.99 Å². The summed E-state index contributed by atoms with van der Waals surface area (Å²) in [7, 11) is 1.54. The fourth-order valence-corrected chi connectivity index (χ4v) is 6.81. The highest BCUT2D eigenvalue weighted by molar-refractivity contribution is 7.07. The lowest BCUT2D eigenvalue weighted by Gasteiger charge is -2.25. The summed E-state index contributed by atoms with van der Waals surface area (Å²) >= 11 is 14.2. The summed E-state index contributed by atoms with van der Waals surface area (Å²) in [6.45, 7) is 9.88. The van der Waals surface area contributed by atoms with Gasteiger partial charge in [-0.25, -0.2) is 9.79 Å². The van der Waals surface area contributed by atoms with Gasteiger partial charge in [0.25, 0.3) is 5.56 Å². The van der Waals surface area contributed by atoms with E-state index in [-0.39, 0.29) is 30.5 Å². The van der Waals surface area contributed by atoms with Crippen LogP contribution in [0.1, 0.15) is 57.4 Å². The van der Waals surface area contributed by atoms with Gasteiger partial charge in [-0.15, -0.1) is 0 Å². The van der Waals surface area contributed by atoms with Crippen molar-refractivity contribution in [3.8, 4) is 23.0 Å². The molecule has 0 amide bonds. The second-order valence-electron chi connectivity index (χ2n) is 11.0. The minimum atomic E-state index is -0.826. The van der Waals surface area contributed by atoms with Gasteiger partial charge in [0.15, 0.2) is 27.8 Å². The van der Waals surface area contributed by atoms with Crippen LogP contribution < -0.4 is 33.8 Å². The first-order chi connectivity index (χ1) is 23.1. The Morgan fingerprint density at radius 3 is 2.46 bits per heavy atom. The van der Waals surface area contributed by atoms with Crippen LogP contribution in [-0.4, -0.2) is 37.0 Å². The van der Waals surface area contributed by atoms with E-state index in [9.17, 15) is 9.59 Å². The zero-order chi connectivity index (χ0) is 34.5. The minimum absolute atomic E-state index is 0.0839. The Kier molecular flexibility index (Phi) is 11.2. The molecular weight excluding hydrogens is 675 g/mol. The van der Waals surface area contributed by atoms with Gasteiger partial charge in [-0.2, -0.15) is 0 Å². The number of fused-ring (bicyclic) bond motifs is 1. The fraction of sp³-hybridized carbons (Fsp3) is 0.306. The molecule has 0 saturated carbocycles. The predicted octanol–water partition coefficient (Wildman–Crippen LogP) is 6.88. The predicted molar refractivity (Wildman–Crippen MR) is 188 cm³/mol. The molecule has 0 radical (unpaired) electrons. The summed E-state index contributed by atoms with van der Waals surface area (Å²) in [6, 6.07) is 15.4. The van der Waals surface area contributed by atoms with Gasteiger partial charge >= 0.3 is 5.97 Å². The van der Waals surface area contributed by atoms with E-state index in [0.717, 1.165) is 5.56 Å². The molecule has 0 N–H and O–H groups in total. The van der Waals surface area contributed by atoms with E-state index in [4.69, 9.17) is 46.9 Å². The summed E-state index contributed by atoms with van der Waals surface area (Å²) in [4.78, 5) is 32.7. The van der Waals surface area contributed by atoms with Crippen LogP contribution in [0.3, 0.4) is 0 Å². The molecule has 3 aromatic carbocycles. The average Bonchev–Trinajstić information content (AvgIpc) is 3.34. The molecule has 2 heterocycles. The van der Waals surface area contributed by atoms with Crippen LogP contribution in [0, 0.1) is 0 Å². The molecule has 4 aromatic rings. The third-order valence-electron chi connectivity index (χ3n) is 7.34. The average molecular weight is 712 g/mol. The van der Waals surface area contributed by atoms with Crippen molar-refractivity contribution in [1.29, 1.82) is 0 Å². The largest absolute Gasteiger partial charge is 0.493 e. The number of hydrogen-bond donors (Lipinski definition) is 0. The first kappa shape index (κ1) is 35.1. The van der Waals surface area contributed by atoms with E-state index in [1.807, 2.05) is 45.0 Å². The zero-order valence-corrected chi connectivity index (χ0v) is 29.8. The number of methoxy groups -OCH3 is 1. The molecule has 48 heavy (non-hydrogen) atoms. The summed E-state index contributed by atoms with van der Waals surface area (Å²) in [5.74, 6) is 1.25. The van der Waals surface area contributed by atoms with Crippen molar-refractivity contribution in [1.82, 2.24) is 4.57 Å². The number of esters is 1. The molecule has 9 nitrogen and oxygen atoms in total. The Labute approximate surface area is 292 Å². The molecule has 0 saturated heterocycles. The van der Waals surface area contributed by atoms with Crippen molar-refractivity contribution in [3.63, 3.8) is 0 Å². The Morgan fingerprint density at radius 1 is 1.00 bits per heavy atom. The van der Waals surface area contributed by atoms with Crippen molar-refractivity contribution in [2.45, 2.75) is 53.4 Å². The SMILES string of the molecule is CCOC(=O)C1=C(C)N=c2s/c(=C\c3cc(Cl)c(OCc4ccccc4Cl)c(OCC)c3)c(=O)n2[C@@H]1c1ccc(OC(C)C)c(OC)c1. The first-order valence-electron chi connectivity index (χ1n) is 15.4. The first-order valence-corrected chi connectivity index (χ1v) is 17.0. The quantitative estimate of drug-likeness (QED) is 0.148. The van der Waals surface area contributed by atoms with Crippen LogP contribution in [0.25, 0.3) is 6.08 Å². The van der Waals surface area contributed by atoms with Crippen LogP contribution in [0.2, 0.25) is 10.0 Å². The molecule has 1 aliphatic heterocycles. The highest BCUT2D eigenvalue weighted by Crippen LogP contribution is 2.39. The standard InChI is InChI=1S/C36H36Cl2N2O7S/c1-7-44-29-16-22(15-26(38)33(29)46-19-24-11-9-10-12-25(24)37)17-30-34(41)40-32(23-13-14-27(47-20(3)4)28(18-23)43-6)31(35(42)45-8-2)21(5)39-36(40)48-30/h9-18,20,32H,7-8,19H2,1-6H3/b30-17-/t32-/m1/s1. The van der Waals surface area contributed by atoms with Gasteiger partial charge in [-0.1, -0.05) is 58.8 Å². The number of carbonyl (C=O) groups excluding carboxylic acids is 1. The molecule has 5 rings (SSSR count). The molecule has 0 fully saturated rings. The smallest absolute Gasteiger partial charge is 0.338 e. The number of benzene rings is 3. The molecule has 0 bridgehead atoms. The number of ether oxygens (including phenoxy) is 5. The fourth-order valence-electron chi connectivity index (χ4n) is 5.30. The number of rotatable bonds is 12. The minimum Gasteiger partial charge on any atom is -0.493 e. The number of halogens is 2. The Balaban J connectivity index is 1.61. The normalized spacial score (nSPS) is 14.4. The summed E-state index contributed by atoms with van der Waals surface area (Å²) < 4.78 is 30.8. The summed E-state index contributed by atoms with van der Waals surface area (Å²) in [5.41, 5.74) is 2.43. The number of nitrogens with zero attached hydrogens (tertiary/aromatic N) is 2. The molecule has 1 aliphatic rings. The topological polar surface area (TPSA) is 97.6 Å². The second kappa shape index (κ2) is 15.3. The van der Waals surface area contributed by atoms with E-state index >= 15 is 0 Å². The van der Waals surface area contributed by atoms with Crippen LogP contribution in [0.5, 0.6) is 23.0 Å². The zero-order valence-electron chi connectivity index (χ0n) is 27.5. The lowest BCUT2D eigenvalue weighted by Crippen LogP contribution is -2.40. The molecule has 0 unspecified atom stereocenters. The lowest BCUT2D eigenvalue weighted by atomic mass is 9.95. The maximum atomic E-state index is 14.2. The molecule has 12 heteroatoms. The van der Waals surface area contributed by atoms with Gasteiger partial charge < -0.3 is 23.7 Å². The number of thiazole rings is 1. The van der Waals surface area contributed by atoms with Crippen LogP contribution in [-0.2, 0) is 16.1 Å². The van der Waals surface area contributed by atoms with Crippen LogP contribution >= 0.6 is 34.5 Å². The van der Waals surface area contributed by atoms with Gasteiger partial charge in [-0.3, -0.25) is 9.36 Å². The molecular formula is C36H36Cl2N2O7S. The monoisotopic (exact) mass is 710 g/mol. The number of carbonyl (C=O) groups is 1.